The minimum atomic E-state index is -0.186. The van der Waals surface area contributed by atoms with Crippen LogP contribution >= 0.6 is 0 Å². The van der Waals surface area contributed by atoms with Crippen molar-refractivity contribution < 1.29 is 9.53 Å². The van der Waals surface area contributed by atoms with Crippen LogP contribution in [0.3, 0.4) is 0 Å². The van der Waals surface area contributed by atoms with Gasteiger partial charge in [0.1, 0.15) is 11.6 Å². The first-order valence-corrected chi connectivity index (χ1v) is 7.76. The predicted molar refractivity (Wildman–Crippen MR) is 90.7 cm³/mol. The fourth-order valence-corrected chi connectivity index (χ4v) is 2.23. The minimum absolute atomic E-state index is 0.144. The monoisotopic (exact) mass is 313 g/mol. The third kappa shape index (κ3) is 4.77. The lowest BCUT2D eigenvalue weighted by molar-refractivity contribution is -0.144. The van der Waals surface area contributed by atoms with Crippen molar-refractivity contribution in [3.05, 3.63) is 47.9 Å². The molecule has 122 valence electrons. The van der Waals surface area contributed by atoms with Crippen molar-refractivity contribution in [1.29, 1.82) is 0 Å². The van der Waals surface area contributed by atoms with Crippen molar-refractivity contribution in [3.63, 3.8) is 0 Å². The van der Waals surface area contributed by atoms with Gasteiger partial charge in [-0.1, -0.05) is 32.9 Å². The molecule has 1 heterocycles. The number of nitrogens with zero attached hydrogens (tertiary/aromatic N) is 2. The van der Waals surface area contributed by atoms with E-state index in [1.165, 1.54) is 7.11 Å². The van der Waals surface area contributed by atoms with E-state index in [0.717, 1.165) is 22.9 Å². The SMILES string of the molecule is COC(=O)C(C)Cc1ccc(Nc2ccnc(C(C)C)n2)cc1. The average Bonchev–Trinajstić information content (AvgIpc) is 2.56. The fourth-order valence-electron chi connectivity index (χ4n) is 2.23. The van der Waals surface area contributed by atoms with E-state index in [2.05, 4.69) is 29.1 Å². The Morgan fingerprint density at radius 2 is 1.87 bits per heavy atom. The van der Waals surface area contributed by atoms with Gasteiger partial charge in [0, 0.05) is 17.8 Å². The summed E-state index contributed by atoms with van der Waals surface area (Å²) in [7, 11) is 1.42. The summed E-state index contributed by atoms with van der Waals surface area (Å²) in [6, 6.07) is 9.82. The molecule has 0 bridgehead atoms. The first-order chi connectivity index (χ1) is 11.0. The number of rotatable bonds is 6. The normalized spacial score (nSPS) is 12.0. The molecule has 0 aliphatic rings. The molecular formula is C18H23N3O2. The summed E-state index contributed by atoms with van der Waals surface area (Å²) in [5, 5.41) is 3.27. The molecule has 5 heteroatoms. The summed E-state index contributed by atoms with van der Waals surface area (Å²) in [6.45, 7) is 6.00. The summed E-state index contributed by atoms with van der Waals surface area (Å²) < 4.78 is 4.75. The van der Waals surface area contributed by atoms with Crippen molar-refractivity contribution in [2.45, 2.75) is 33.1 Å². The molecule has 0 aliphatic heterocycles. The zero-order valence-corrected chi connectivity index (χ0v) is 14.0. The van der Waals surface area contributed by atoms with E-state index in [-0.39, 0.29) is 11.9 Å². The number of esters is 1. The minimum Gasteiger partial charge on any atom is -0.469 e. The smallest absolute Gasteiger partial charge is 0.308 e. The third-order valence-electron chi connectivity index (χ3n) is 3.56. The molecule has 5 nitrogen and oxygen atoms in total. The molecular weight excluding hydrogens is 290 g/mol. The molecule has 2 rings (SSSR count). The van der Waals surface area contributed by atoms with Crippen molar-refractivity contribution in [3.8, 4) is 0 Å². The molecule has 1 unspecified atom stereocenters. The second kappa shape index (κ2) is 7.72. The molecule has 23 heavy (non-hydrogen) atoms. The number of benzene rings is 1. The number of hydrogen-bond donors (Lipinski definition) is 1. The Morgan fingerprint density at radius 3 is 2.48 bits per heavy atom. The number of methoxy groups -OCH3 is 1. The van der Waals surface area contributed by atoms with E-state index in [1.807, 2.05) is 37.3 Å². The van der Waals surface area contributed by atoms with E-state index < -0.39 is 0 Å². The van der Waals surface area contributed by atoms with Gasteiger partial charge in [-0.05, 0) is 30.2 Å². The van der Waals surface area contributed by atoms with Gasteiger partial charge in [-0.15, -0.1) is 0 Å². The molecule has 1 N–H and O–H groups in total. The maximum atomic E-state index is 11.5. The Labute approximate surface area is 137 Å². The molecule has 0 fully saturated rings. The van der Waals surface area contributed by atoms with Gasteiger partial charge >= 0.3 is 5.97 Å². The van der Waals surface area contributed by atoms with Crippen molar-refractivity contribution in [2.24, 2.45) is 5.92 Å². The molecule has 0 saturated carbocycles. The Morgan fingerprint density at radius 1 is 1.17 bits per heavy atom. The lowest BCUT2D eigenvalue weighted by atomic mass is 10.0. The molecule has 1 aromatic carbocycles. The number of carbonyl (C=O) groups is 1. The highest BCUT2D eigenvalue weighted by atomic mass is 16.5. The number of ether oxygens (including phenoxy) is 1. The van der Waals surface area contributed by atoms with Crippen molar-refractivity contribution >= 4 is 17.5 Å². The Bertz CT molecular complexity index is 654. The number of anilines is 2. The standard InChI is InChI=1S/C18H23N3O2/c1-12(2)17-19-10-9-16(21-17)20-15-7-5-14(6-8-15)11-13(3)18(22)23-4/h5-10,12-13H,11H2,1-4H3,(H,19,20,21). The first-order valence-electron chi connectivity index (χ1n) is 7.76. The van der Waals surface area contributed by atoms with Crippen LogP contribution in [0.2, 0.25) is 0 Å². The summed E-state index contributed by atoms with van der Waals surface area (Å²) >= 11 is 0. The zero-order valence-electron chi connectivity index (χ0n) is 14.0. The van der Waals surface area contributed by atoms with E-state index >= 15 is 0 Å². The van der Waals surface area contributed by atoms with Crippen LogP contribution in [0.15, 0.2) is 36.5 Å². The third-order valence-corrected chi connectivity index (χ3v) is 3.56. The average molecular weight is 313 g/mol. The highest BCUT2D eigenvalue weighted by Crippen LogP contribution is 2.18. The predicted octanol–water partition coefficient (Wildman–Crippen LogP) is 3.70. The molecule has 1 atom stereocenters. The van der Waals surface area contributed by atoms with Crippen LogP contribution in [0.25, 0.3) is 0 Å². The molecule has 0 aliphatic carbocycles. The topological polar surface area (TPSA) is 64.1 Å². The lowest BCUT2D eigenvalue weighted by Crippen LogP contribution is -2.15. The largest absolute Gasteiger partial charge is 0.469 e. The fraction of sp³-hybridized carbons (Fsp3) is 0.389. The van der Waals surface area contributed by atoms with Gasteiger partial charge in [0.05, 0.1) is 13.0 Å². The van der Waals surface area contributed by atoms with Crippen LogP contribution in [-0.4, -0.2) is 23.0 Å². The van der Waals surface area contributed by atoms with E-state index in [9.17, 15) is 4.79 Å². The molecule has 1 aromatic heterocycles. The van der Waals surface area contributed by atoms with Crippen LogP contribution in [-0.2, 0) is 16.0 Å². The summed E-state index contributed by atoms with van der Waals surface area (Å²) in [5.74, 6) is 1.56. The number of nitrogens with one attached hydrogen (secondary N) is 1. The van der Waals surface area contributed by atoms with Crippen molar-refractivity contribution in [1.82, 2.24) is 9.97 Å². The highest BCUT2D eigenvalue weighted by molar-refractivity contribution is 5.72. The van der Waals surface area contributed by atoms with Crippen LogP contribution < -0.4 is 5.32 Å². The quantitative estimate of drug-likeness (QED) is 0.824. The number of hydrogen-bond acceptors (Lipinski definition) is 5. The second-order valence-electron chi connectivity index (χ2n) is 5.91. The van der Waals surface area contributed by atoms with Gasteiger partial charge in [-0.3, -0.25) is 4.79 Å². The Kier molecular flexibility index (Phi) is 5.68. The molecule has 0 amide bonds. The van der Waals surface area contributed by atoms with Crippen LogP contribution in [0.5, 0.6) is 0 Å². The van der Waals surface area contributed by atoms with Crippen LogP contribution in [0, 0.1) is 5.92 Å². The zero-order chi connectivity index (χ0) is 16.8. The van der Waals surface area contributed by atoms with Gasteiger partial charge in [0.2, 0.25) is 0 Å². The van der Waals surface area contributed by atoms with Gasteiger partial charge < -0.3 is 10.1 Å². The maximum Gasteiger partial charge on any atom is 0.308 e. The van der Waals surface area contributed by atoms with Crippen molar-refractivity contribution in [2.75, 3.05) is 12.4 Å². The van der Waals surface area contributed by atoms with E-state index in [0.29, 0.717) is 12.3 Å². The summed E-state index contributed by atoms with van der Waals surface area (Å²) in [5.41, 5.74) is 2.05. The molecule has 0 radical (unpaired) electrons. The Hall–Kier alpha value is -2.43. The summed E-state index contributed by atoms with van der Waals surface area (Å²) in [6.07, 6.45) is 2.43. The Balaban J connectivity index is 2.02. The molecule has 0 spiro atoms. The van der Waals surface area contributed by atoms with Gasteiger partial charge in [0.15, 0.2) is 0 Å². The molecule has 2 aromatic rings. The number of carbonyl (C=O) groups excluding carboxylic acids is 1. The lowest BCUT2D eigenvalue weighted by Gasteiger charge is -2.11. The summed E-state index contributed by atoms with van der Waals surface area (Å²) in [4.78, 5) is 20.2. The molecule has 0 saturated heterocycles. The van der Waals surface area contributed by atoms with Crippen LogP contribution in [0.4, 0.5) is 11.5 Å². The maximum absolute atomic E-state index is 11.5. The van der Waals surface area contributed by atoms with E-state index in [4.69, 9.17) is 4.74 Å². The second-order valence-corrected chi connectivity index (χ2v) is 5.91. The van der Waals surface area contributed by atoms with Crippen LogP contribution in [0.1, 0.15) is 38.1 Å². The van der Waals surface area contributed by atoms with E-state index in [1.54, 1.807) is 6.20 Å². The first kappa shape index (κ1) is 16.9. The van der Waals surface area contributed by atoms with Gasteiger partial charge in [0.25, 0.3) is 0 Å². The highest BCUT2D eigenvalue weighted by Gasteiger charge is 2.13. The van der Waals surface area contributed by atoms with Gasteiger partial charge in [-0.25, -0.2) is 9.97 Å². The number of aromatic nitrogens is 2. The van der Waals surface area contributed by atoms with Gasteiger partial charge in [-0.2, -0.15) is 0 Å².